The molecule has 24 heavy (non-hydrogen) atoms. The fourth-order valence-electron chi connectivity index (χ4n) is 2.56. The van der Waals surface area contributed by atoms with Gasteiger partial charge in [-0.15, -0.1) is 0 Å². The number of carbonyl (C=O) groups is 1. The summed E-state index contributed by atoms with van der Waals surface area (Å²) in [5.74, 6) is 0.0276. The molecule has 0 bridgehead atoms. The lowest BCUT2D eigenvalue weighted by atomic mass is 10.1. The molecular weight excluding hydrogens is 300 g/mol. The van der Waals surface area contributed by atoms with E-state index in [1.165, 1.54) is 6.08 Å². The molecule has 1 heterocycles. The average molecular weight is 316 g/mol. The number of nitriles is 1. The van der Waals surface area contributed by atoms with E-state index in [9.17, 15) is 10.1 Å². The molecule has 118 valence electrons. The standard InChI is InChI=1S/C20H16N2O2/c1-13-6-5-7-14(2)19(13)22-20(23)16(12-21)11-17-10-15-8-3-4-9-18(15)24-17/h3-11H,1-2H3,(H,22,23)/b16-11+. The third-order valence-corrected chi connectivity index (χ3v) is 3.82. The number of amides is 1. The first-order valence-corrected chi connectivity index (χ1v) is 7.56. The van der Waals surface area contributed by atoms with E-state index in [-0.39, 0.29) is 5.57 Å². The highest BCUT2D eigenvalue weighted by Crippen LogP contribution is 2.23. The van der Waals surface area contributed by atoms with Gasteiger partial charge in [0.25, 0.3) is 5.91 Å². The van der Waals surface area contributed by atoms with Crippen molar-refractivity contribution in [3.8, 4) is 6.07 Å². The topological polar surface area (TPSA) is 66.0 Å². The number of nitrogens with one attached hydrogen (secondary N) is 1. The van der Waals surface area contributed by atoms with Gasteiger partial charge in [0.1, 0.15) is 23.0 Å². The first-order valence-electron chi connectivity index (χ1n) is 7.56. The zero-order valence-corrected chi connectivity index (χ0v) is 13.5. The lowest BCUT2D eigenvalue weighted by Gasteiger charge is -2.10. The smallest absolute Gasteiger partial charge is 0.266 e. The van der Waals surface area contributed by atoms with E-state index in [0.29, 0.717) is 5.76 Å². The molecule has 0 fully saturated rings. The number of hydrogen-bond donors (Lipinski definition) is 1. The Morgan fingerprint density at radius 3 is 2.50 bits per heavy atom. The second-order valence-electron chi connectivity index (χ2n) is 5.58. The van der Waals surface area contributed by atoms with Gasteiger partial charge in [0.15, 0.2) is 0 Å². The maximum atomic E-state index is 12.4. The van der Waals surface area contributed by atoms with Gasteiger partial charge in [-0.25, -0.2) is 0 Å². The molecule has 1 amide bonds. The predicted molar refractivity (Wildman–Crippen MR) is 94.3 cm³/mol. The van der Waals surface area contributed by atoms with Crippen LogP contribution in [0.1, 0.15) is 16.9 Å². The van der Waals surface area contributed by atoms with E-state index in [4.69, 9.17) is 4.42 Å². The number of furan rings is 1. The molecule has 4 heteroatoms. The Labute approximate surface area is 140 Å². The van der Waals surface area contributed by atoms with E-state index < -0.39 is 5.91 Å². The van der Waals surface area contributed by atoms with Crippen LogP contribution >= 0.6 is 0 Å². The molecule has 0 atom stereocenters. The third-order valence-electron chi connectivity index (χ3n) is 3.82. The van der Waals surface area contributed by atoms with E-state index in [1.54, 1.807) is 6.07 Å². The molecule has 0 aliphatic heterocycles. The summed E-state index contributed by atoms with van der Waals surface area (Å²) in [6.07, 6.45) is 1.46. The summed E-state index contributed by atoms with van der Waals surface area (Å²) < 4.78 is 5.64. The number of para-hydroxylation sites is 2. The fourth-order valence-corrected chi connectivity index (χ4v) is 2.56. The molecule has 3 rings (SSSR count). The third kappa shape index (κ3) is 3.06. The summed E-state index contributed by atoms with van der Waals surface area (Å²) >= 11 is 0. The van der Waals surface area contributed by atoms with Crippen molar-refractivity contribution in [2.24, 2.45) is 0 Å². The maximum Gasteiger partial charge on any atom is 0.266 e. The van der Waals surface area contributed by atoms with Crippen molar-refractivity contribution in [3.05, 3.63) is 71.0 Å². The zero-order valence-electron chi connectivity index (χ0n) is 13.5. The predicted octanol–water partition coefficient (Wildman–Crippen LogP) is 4.60. The largest absolute Gasteiger partial charge is 0.457 e. The Morgan fingerprint density at radius 2 is 1.83 bits per heavy atom. The van der Waals surface area contributed by atoms with Crippen LogP contribution in [0.25, 0.3) is 17.0 Å². The highest BCUT2D eigenvalue weighted by atomic mass is 16.3. The van der Waals surface area contributed by atoms with Crippen molar-refractivity contribution in [2.45, 2.75) is 13.8 Å². The lowest BCUT2D eigenvalue weighted by molar-refractivity contribution is -0.112. The molecule has 0 aliphatic rings. The van der Waals surface area contributed by atoms with Crippen molar-refractivity contribution in [1.29, 1.82) is 5.26 Å². The van der Waals surface area contributed by atoms with Crippen LogP contribution in [0.15, 0.2) is 58.5 Å². The van der Waals surface area contributed by atoms with E-state index in [2.05, 4.69) is 5.32 Å². The Bertz CT molecular complexity index is 937. The number of nitrogens with zero attached hydrogens (tertiary/aromatic N) is 1. The Morgan fingerprint density at radius 1 is 1.12 bits per heavy atom. The van der Waals surface area contributed by atoms with E-state index in [0.717, 1.165) is 27.8 Å². The number of fused-ring (bicyclic) bond motifs is 1. The number of carbonyl (C=O) groups excluding carboxylic acids is 1. The molecule has 1 aromatic heterocycles. The van der Waals surface area contributed by atoms with Crippen LogP contribution in [0, 0.1) is 25.2 Å². The highest BCUT2D eigenvalue weighted by Gasteiger charge is 2.13. The van der Waals surface area contributed by atoms with Crippen LogP contribution in [0.4, 0.5) is 5.69 Å². The van der Waals surface area contributed by atoms with Crippen LogP contribution in [0.2, 0.25) is 0 Å². The summed E-state index contributed by atoms with van der Waals surface area (Å²) in [7, 11) is 0. The van der Waals surface area contributed by atoms with Crippen LogP contribution in [0.3, 0.4) is 0 Å². The summed E-state index contributed by atoms with van der Waals surface area (Å²) in [5.41, 5.74) is 3.34. The van der Waals surface area contributed by atoms with Crippen molar-refractivity contribution >= 4 is 28.6 Å². The fraction of sp³-hybridized carbons (Fsp3) is 0.100. The van der Waals surface area contributed by atoms with Crippen molar-refractivity contribution in [2.75, 3.05) is 5.32 Å². The number of hydrogen-bond acceptors (Lipinski definition) is 3. The molecule has 0 spiro atoms. The minimum Gasteiger partial charge on any atom is -0.457 e. The Balaban J connectivity index is 1.90. The van der Waals surface area contributed by atoms with Gasteiger partial charge in [0.05, 0.1) is 0 Å². The number of anilines is 1. The normalized spacial score (nSPS) is 11.3. The summed E-state index contributed by atoms with van der Waals surface area (Å²) in [6.45, 7) is 3.83. The first kappa shape index (κ1) is 15.6. The second-order valence-corrected chi connectivity index (χ2v) is 5.58. The van der Waals surface area contributed by atoms with Crippen molar-refractivity contribution in [1.82, 2.24) is 0 Å². The number of rotatable bonds is 3. The molecule has 2 aromatic carbocycles. The van der Waals surface area contributed by atoms with Gasteiger partial charge in [-0.2, -0.15) is 5.26 Å². The molecule has 3 aromatic rings. The lowest BCUT2D eigenvalue weighted by Crippen LogP contribution is -2.15. The molecule has 0 saturated carbocycles. The SMILES string of the molecule is Cc1cccc(C)c1NC(=O)/C(C#N)=C/c1cc2ccccc2o1. The van der Waals surface area contributed by atoms with E-state index >= 15 is 0 Å². The minimum atomic E-state index is -0.449. The van der Waals surface area contributed by atoms with Crippen LogP contribution in [0.5, 0.6) is 0 Å². The Hall–Kier alpha value is -3.32. The second kappa shape index (κ2) is 6.43. The Kier molecular flexibility index (Phi) is 4.17. The average Bonchev–Trinajstić information content (AvgIpc) is 2.98. The number of aryl methyl sites for hydroxylation is 2. The van der Waals surface area contributed by atoms with Gasteiger partial charge in [-0.1, -0.05) is 36.4 Å². The van der Waals surface area contributed by atoms with Crippen LogP contribution in [-0.2, 0) is 4.79 Å². The molecule has 4 nitrogen and oxygen atoms in total. The van der Waals surface area contributed by atoms with Gasteiger partial charge < -0.3 is 9.73 Å². The molecular formula is C20H16N2O2. The monoisotopic (exact) mass is 316 g/mol. The number of benzene rings is 2. The molecule has 0 unspecified atom stereocenters. The summed E-state index contributed by atoms with van der Waals surface area (Å²) in [6, 6.07) is 17.0. The van der Waals surface area contributed by atoms with Crippen molar-refractivity contribution in [3.63, 3.8) is 0 Å². The molecule has 0 saturated heterocycles. The summed E-state index contributed by atoms with van der Waals surface area (Å²) in [4.78, 5) is 12.4. The van der Waals surface area contributed by atoms with Gasteiger partial charge >= 0.3 is 0 Å². The van der Waals surface area contributed by atoms with Crippen LogP contribution < -0.4 is 5.32 Å². The van der Waals surface area contributed by atoms with Crippen molar-refractivity contribution < 1.29 is 9.21 Å². The summed E-state index contributed by atoms with van der Waals surface area (Å²) in [5, 5.41) is 13.1. The molecule has 0 radical (unpaired) electrons. The van der Waals surface area contributed by atoms with Gasteiger partial charge in [-0.05, 0) is 37.1 Å². The van der Waals surface area contributed by atoms with Gasteiger partial charge in [0, 0.05) is 17.1 Å². The van der Waals surface area contributed by atoms with Gasteiger partial charge in [-0.3, -0.25) is 4.79 Å². The maximum absolute atomic E-state index is 12.4. The first-order chi connectivity index (χ1) is 11.6. The molecule has 0 aliphatic carbocycles. The van der Waals surface area contributed by atoms with E-state index in [1.807, 2.05) is 62.4 Å². The highest BCUT2D eigenvalue weighted by molar-refractivity contribution is 6.10. The molecule has 1 N–H and O–H groups in total. The van der Waals surface area contributed by atoms with Crippen LogP contribution in [-0.4, -0.2) is 5.91 Å². The zero-order chi connectivity index (χ0) is 17.1. The minimum absolute atomic E-state index is 0.00305. The van der Waals surface area contributed by atoms with Gasteiger partial charge in [0.2, 0.25) is 0 Å². The quantitative estimate of drug-likeness (QED) is 0.567.